The zero-order valence-electron chi connectivity index (χ0n) is 15.1. The Labute approximate surface area is 155 Å². The predicted octanol–water partition coefficient (Wildman–Crippen LogP) is 6.25. The third kappa shape index (κ3) is 4.02. The molecule has 3 aliphatic carbocycles. The predicted molar refractivity (Wildman–Crippen MR) is 103 cm³/mol. The van der Waals surface area contributed by atoms with Crippen molar-refractivity contribution in [2.75, 3.05) is 0 Å². The van der Waals surface area contributed by atoms with E-state index in [1.54, 1.807) is 24.3 Å². The number of ether oxygens (including phenoxy) is 1. The van der Waals surface area contributed by atoms with Gasteiger partial charge in [0.05, 0.1) is 16.3 Å². The second-order valence-electron chi connectivity index (χ2n) is 7.82. The van der Waals surface area contributed by atoms with E-state index in [1.165, 1.54) is 44.9 Å². The molecule has 3 aliphatic rings. The van der Waals surface area contributed by atoms with E-state index in [-0.39, 0.29) is 11.4 Å². The number of benzene rings is 1. The van der Waals surface area contributed by atoms with Crippen LogP contribution >= 0.6 is 12.2 Å². The summed E-state index contributed by atoms with van der Waals surface area (Å²) in [5.41, 5.74) is 0.982. The molecule has 1 aromatic carbocycles. The molecule has 1 aromatic rings. The Hall–Kier alpha value is -1.51. The lowest BCUT2D eigenvalue weighted by Gasteiger charge is -2.52. The van der Waals surface area contributed by atoms with E-state index >= 15 is 0 Å². The monoisotopic (exact) mass is 357 g/mol. The first-order valence-electron chi connectivity index (χ1n) is 9.52. The van der Waals surface area contributed by atoms with Crippen LogP contribution < -0.4 is 4.74 Å². The van der Waals surface area contributed by atoms with Crippen LogP contribution in [0.4, 0.5) is 5.69 Å². The fraction of sp³-hybridized carbons (Fsp3) is 0.619. The smallest absolute Gasteiger partial charge is 0.317 e. The van der Waals surface area contributed by atoms with Crippen LogP contribution in [0.15, 0.2) is 29.3 Å². The number of hydrogen-bond donors (Lipinski definition) is 0. The largest absolute Gasteiger partial charge is 0.426 e. The topological polar surface area (TPSA) is 38.7 Å². The van der Waals surface area contributed by atoms with Gasteiger partial charge in [0.2, 0.25) is 0 Å². The molecule has 134 valence electrons. The molecule has 3 nitrogen and oxygen atoms in total. The lowest BCUT2D eigenvalue weighted by molar-refractivity contribution is -0.156. The molecule has 3 saturated carbocycles. The molecule has 0 saturated heterocycles. The molecule has 3 fully saturated rings. The van der Waals surface area contributed by atoms with E-state index in [4.69, 9.17) is 4.74 Å². The van der Waals surface area contributed by atoms with E-state index in [0.29, 0.717) is 11.2 Å². The van der Waals surface area contributed by atoms with Crippen LogP contribution in [0.5, 0.6) is 5.75 Å². The van der Waals surface area contributed by atoms with Crippen molar-refractivity contribution in [1.29, 1.82) is 0 Å². The maximum atomic E-state index is 12.8. The molecule has 0 radical (unpaired) electrons. The normalized spacial score (nSPS) is 27.6. The summed E-state index contributed by atoms with van der Waals surface area (Å²) >= 11 is 4.60. The highest BCUT2D eigenvalue weighted by molar-refractivity contribution is 7.78. The Kier molecular flexibility index (Phi) is 5.71. The van der Waals surface area contributed by atoms with Gasteiger partial charge in [0.25, 0.3) is 0 Å². The van der Waals surface area contributed by atoms with Gasteiger partial charge in [0.1, 0.15) is 5.75 Å². The van der Waals surface area contributed by atoms with Crippen molar-refractivity contribution in [2.24, 2.45) is 15.8 Å². The minimum absolute atomic E-state index is 0.0413. The molecule has 0 aliphatic heterocycles. The van der Waals surface area contributed by atoms with Gasteiger partial charge in [-0.15, -0.1) is 0 Å². The summed E-state index contributed by atoms with van der Waals surface area (Å²) in [6.07, 6.45) is 11.8. The summed E-state index contributed by atoms with van der Waals surface area (Å²) in [7, 11) is 0. The average molecular weight is 358 g/mol. The van der Waals surface area contributed by atoms with Crippen molar-refractivity contribution >= 4 is 29.0 Å². The number of carbonyl (C=O) groups is 1. The zero-order chi connectivity index (χ0) is 17.8. The molecular formula is C21H27NO2S. The van der Waals surface area contributed by atoms with Gasteiger partial charge in [0, 0.05) is 0 Å². The van der Waals surface area contributed by atoms with E-state index in [1.807, 2.05) is 0 Å². The molecule has 0 unspecified atom stereocenters. The van der Waals surface area contributed by atoms with Gasteiger partial charge in [-0.25, -0.2) is 0 Å². The molecule has 0 heterocycles. The maximum absolute atomic E-state index is 12.8. The highest BCUT2D eigenvalue weighted by Gasteiger charge is 2.52. The number of esters is 1. The third-order valence-electron chi connectivity index (χ3n) is 6.37. The summed E-state index contributed by atoms with van der Waals surface area (Å²) < 4.78 is 5.71. The fourth-order valence-corrected chi connectivity index (χ4v) is 4.66. The first-order valence-corrected chi connectivity index (χ1v) is 9.93. The lowest BCUT2D eigenvalue weighted by Crippen LogP contribution is -2.47. The molecule has 0 spiro atoms. The molecule has 2 bridgehead atoms. The van der Waals surface area contributed by atoms with Crippen molar-refractivity contribution in [3.8, 4) is 5.75 Å². The van der Waals surface area contributed by atoms with E-state index in [0.717, 1.165) is 24.9 Å². The lowest BCUT2D eigenvalue weighted by atomic mass is 9.52. The van der Waals surface area contributed by atoms with Gasteiger partial charge in [-0.3, -0.25) is 4.79 Å². The first kappa shape index (κ1) is 18.3. The molecule has 4 heteroatoms. The fourth-order valence-electron chi connectivity index (χ4n) is 4.55. The van der Waals surface area contributed by atoms with Gasteiger partial charge in [0.15, 0.2) is 0 Å². The van der Waals surface area contributed by atoms with Crippen LogP contribution in [0.25, 0.3) is 0 Å². The molecular weight excluding hydrogens is 330 g/mol. The van der Waals surface area contributed by atoms with Gasteiger partial charge >= 0.3 is 5.97 Å². The highest BCUT2D eigenvalue weighted by atomic mass is 32.1. The van der Waals surface area contributed by atoms with Gasteiger partial charge in [-0.1, -0.05) is 26.2 Å². The SMILES string of the molecule is CCCCCC12CCC(C(=O)Oc3ccc(N=C=S)cc3)(CC1)CC2. The summed E-state index contributed by atoms with van der Waals surface area (Å²) in [6, 6.07) is 7.14. The molecule has 0 amide bonds. The van der Waals surface area contributed by atoms with Crippen molar-refractivity contribution in [3.63, 3.8) is 0 Å². The van der Waals surface area contributed by atoms with Crippen molar-refractivity contribution in [3.05, 3.63) is 24.3 Å². The minimum atomic E-state index is -0.252. The van der Waals surface area contributed by atoms with E-state index in [9.17, 15) is 4.79 Å². The Balaban J connectivity index is 1.59. The summed E-state index contributed by atoms with van der Waals surface area (Å²) in [5.74, 6) is 0.550. The van der Waals surface area contributed by atoms with Crippen molar-refractivity contribution in [2.45, 2.75) is 71.1 Å². The van der Waals surface area contributed by atoms with Crippen LogP contribution in [-0.4, -0.2) is 11.1 Å². The molecule has 0 N–H and O–H groups in total. The van der Waals surface area contributed by atoms with Crippen molar-refractivity contribution < 1.29 is 9.53 Å². The van der Waals surface area contributed by atoms with Crippen LogP contribution in [0, 0.1) is 10.8 Å². The average Bonchev–Trinajstić information content (AvgIpc) is 2.65. The van der Waals surface area contributed by atoms with Crippen molar-refractivity contribution in [1.82, 2.24) is 0 Å². The minimum Gasteiger partial charge on any atom is -0.426 e. The highest BCUT2D eigenvalue weighted by Crippen LogP contribution is 2.59. The number of fused-ring (bicyclic) bond motifs is 3. The first-order chi connectivity index (χ1) is 12.1. The summed E-state index contributed by atoms with van der Waals surface area (Å²) in [6.45, 7) is 2.26. The van der Waals surface area contributed by atoms with Crippen LogP contribution in [0.2, 0.25) is 0 Å². The zero-order valence-corrected chi connectivity index (χ0v) is 15.9. The number of nitrogens with zero attached hydrogens (tertiary/aromatic N) is 1. The molecule has 4 rings (SSSR count). The van der Waals surface area contributed by atoms with E-state index in [2.05, 4.69) is 29.3 Å². The third-order valence-corrected chi connectivity index (χ3v) is 6.46. The maximum Gasteiger partial charge on any atom is 0.317 e. The van der Waals surface area contributed by atoms with Gasteiger partial charge in [-0.05, 0) is 86.8 Å². The second kappa shape index (κ2) is 7.80. The Morgan fingerprint density at radius 3 is 2.32 bits per heavy atom. The number of aliphatic imine (C=N–C) groups is 1. The summed E-state index contributed by atoms with van der Waals surface area (Å²) in [4.78, 5) is 16.8. The Bertz CT molecular complexity index is 636. The number of carbonyl (C=O) groups excluding carboxylic acids is 1. The van der Waals surface area contributed by atoms with Crippen LogP contribution in [0.1, 0.15) is 71.1 Å². The number of hydrogen-bond acceptors (Lipinski definition) is 4. The van der Waals surface area contributed by atoms with Crippen LogP contribution in [0.3, 0.4) is 0 Å². The molecule has 0 aromatic heterocycles. The Morgan fingerprint density at radius 2 is 1.76 bits per heavy atom. The molecule has 25 heavy (non-hydrogen) atoms. The Morgan fingerprint density at radius 1 is 1.12 bits per heavy atom. The van der Waals surface area contributed by atoms with Gasteiger partial charge < -0.3 is 4.74 Å². The number of rotatable bonds is 7. The quantitative estimate of drug-likeness (QED) is 0.190. The van der Waals surface area contributed by atoms with Gasteiger partial charge in [-0.2, -0.15) is 4.99 Å². The number of isothiocyanates is 1. The second-order valence-corrected chi connectivity index (χ2v) is 8.01. The number of thiocarbonyl (C=S) groups is 1. The standard InChI is InChI=1S/C21H27NO2S/c1-2-3-4-9-20-10-13-21(14-11-20,15-12-20)19(23)24-18-7-5-17(6-8-18)22-16-25/h5-8H,2-4,9-15H2,1H3. The number of unbranched alkanes of at least 4 members (excludes halogenated alkanes) is 2. The van der Waals surface area contributed by atoms with Crippen LogP contribution in [-0.2, 0) is 4.79 Å². The van der Waals surface area contributed by atoms with E-state index < -0.39 is 0 Å². The summed E-state index contributed by atoms with van der Waals surface area (Å²) in [5, 5.41) is 2.34. The molecule has 0 atom stereocenters.